The van der Waals surface area contributed by atoms with Gasteiger partial charge >= 0.3 is 5.97 Å². The van der Waals surface area contributed by atoms with Gasteiger partial charge in [-0.05, 0) is 86.0 Å². The lowest BCUT2D eigenvalue weighted by atomic mass is 9.77. The topological polar surface area (TPSA) is 163 Å². The Balaban J connectivity index is 0.000000297. The van der Waals surface area contributed by atoms with Crippen molar-refractivity contribution in [3.63, 3.8) is 0 Å². The number of phenols is 2. The van der Waals surface area contributed by atoms with Crippen LogP contribution < -0.4 is 20.7 Å². The number of halogens is 2. The summed E-state index contributed by atoms with van der Waals surface area (Å²) in [4.78, 5) is 50.8. The van der Waals surface area contributed by atoms with Crippen molar-refractivity contribution in [2.45, 2.75) is 220 Å². The molecule has 1 atom stereocenters. The van der Waals surface area contributed by atoms with Gasteiger partial charge in [-0.1, -0.05) is 235 Å². The summed E-state index contributed by atoms with van der Waals surface area (Å²) in [5, 5.41) is 32.0. The molecule has 80 heavy (non-hydrogen) atoms. The molecule has 1 heterocycles. The molecule has 0 spiro atoms. The summed E-state index contributed by atoms with van der Waals surface area (Å²) in [5.74, 6) is -1.03. The van der Waals surface area contributed by atoms with E-state index in [-0.39, 0.29) is 56.7 Å². The average molecular weight is 1140 g/mol. The molecular weight excluding hydrogens is 1050 g/mol. The number of hydrogen-bond donors (Lipinski definition) is 5. The minimum absolute atomic E-state index is 0.0904. The highest BCUT2D eigenvalue weighted by molar-refractivity contribution is 6.35. The third-order valence-corrected chi connectivity index (χ3v) is 15.7. The molecule has 0 aliphatic carbocycles. The minimum atomic E-state index is -0.742. The molecule has 13 heteroatoms. The van der Waals surface area contributed by atoms with Crippen molar-refractivity contribution in [1.82, 2.24) is 0 Å². The molecule has 0 radical (unpaired) electrons. The molecule has 5 aromatic carbocycles. The Bertz CT molecular complexity index is 2780. The van der Waals surface area contributed by atoms with Crippen molar-refractivity contribution in [2.75, 3.05) is 22.6 Å². The summed E-state index contributed by atoms with van der Waals surface area (Å²) in [7, 11) is 0. The lowest BCUT2D eigenvalue weighted by molar-refractivity contribution is -0.123. The second kappa shape index (κ2) is 34.5. The van der Waals surface area contributed by atoms with Gasteiger partial charge in [0, 0.05) is 22.8 Å². The van der Waals surface area contributed by atoms with E-state index in [0.29, 0.717) is 41.0 Å². The van der Waals surface area contributed by atoms with Crippen molar-refractivity contribution in [2.24, 2.45) is 0 Å². The van der Waals surface area contributed by atoms with E-state index in [1.807, 2.05) is 58.0 Å². The molecule has 0 fully saturated rings. The Morgan fingerprint density at radius 3 is 1.86 bits per heavy atom. The number of fused-ring (bicyclic) bond motifs is 2. The van der Waals surface area contributed by atoms with Crippen molar-refractivity contribution in [1.29, 1.82) is 0 Å². The van der Waals surface area contributed by atoms with Crippen molar-refractivity contribution in [3.8, 4) is 17.2 Å². The van der Waals surface area contributed by atoms with E-state index in [1.54, 1.807) is 30.3 Å². The third-order valence-electron chi connectivity index (χ3n) is 15.0. The number of hydrogen-bond acceptors (Lipinski definition) is 8. The first kappa shape index (κ1) is 65.0. The molecule has 5 aromatic rings. The second-order valence-corrected chi connectivity index (χ2v) is 23.2. The number of benzene rings is 5. The van der Waals surface area contributed by atoms with Gasteiger partial charge in [0.15, 0.2) is 6.10 Å². The number of esters is 1. The highest BCUT2D eigenvalue weighted by Crippen LogP contribution is 2.49. The number of ether oxygens (including phenoxy) is 2. The third kappa shape index (κ3) is 21.0. The molecule has 436 valence electrons. The van der Waals surface area contributed by atoms with Crippen LogP contribution in [0.3, 0.4) is 0 Å². The van der Waals surface area contributed by atoms with E-state index in [2.05, 4.69) is 35.9 Å². The molecule has 0 saturated carbocycles. The van der Waals surface area contributed by atoms with Gasteiger partial charge in [0.05, 0.1) is 44.8 Å². The highest BCUT2D eigenvalue weighted by atomic mass is 35.5. The number of aryl methyl sites for hydroxylation is 2. The van der Waals surface area contributed by atoms with Gasteiger partial charge in [0.2, 0.25) is 5.91 Å². The van der Waals surface area contributed by atoms with Crippen LogP contribution in [0.4, 0.5) is 17.1 Å². The van der Waals surface area contributed by atoms with Crippen LogP contribution in [0.15, 0.2) is 78.9 Å². The van der Waals surface area contributed by atoms with E-state index >= 15 is 0 Å². The molecule has 5 N–H and O–H groups in total. The fourth-order valence-corrected chi connectivity index (χ4v) is 10.8. The zero-order chi connectivity index (χ0) is 57.9. The molecule has 0 bridgehead atoms. The SMILES string of the molecule is CCCCCCCCCCCCCCCc1cccc(OC(CC)C(=O)Nc2cc(Cl)c3c(c2O)C(C)(C)CC(=O)N3)c1.CCCCCCCCCCCCOC(=O)c1ccc(Cl)c(NC(=O)c2ccc3cc(C)ccc3c2O)c1. The van der Waals surface area contributed by atoms with Crippen molar-refractivity contribution >= 4 is 74.7 Å². The van der Waals surface area contributed by atoms with E-state index < -0.39 is 23.4 Å². The Hall–Kier alpha value is -5.78. The first-order valence-electron chi connectivity index (χ1n) is 30.0. The minimum Gasteiger partial charge on any atom is -0.506 e. The summed E-state index contributed by atoms with van der Waals surface area (Å²) in [6, 6.07) is 23.1. The van der Waals surface area contributed by atoms with Gasteiger partial charge in [0.25, 0.3) is 11.8 Å². The van der Waals surface area contributed by atoms with Gasteiger partial charge in [0.1, 0.15) is 17.2 Å². The summed E-state index contributed by atoms with van der Waals surface area (Å²) in [5.41, 5.74) is 3.46. The second-order valence-electron chi connectivity index (χ2n) is 22.4. The van der Waals surface area contributed by atoms with E-state index in [1.165, 1.54) is 140 Å². The van der Waals surface area contributed by atoms with Gasteiger partial charge in [-0.2, -0.15) is 0 Å². The molecule has 1 aliphatic rings. The summed E-state index contributed by atoms with van der Waals surface area (Å²) < 4.78 is 11.5. The Morgan fingerprint density at radius 1 is 0.650 bits per heavy atom. The van der Waals surface area contributed by atoms with E-state index in [4.69, 9.17) is 32.7 Å². The van der Waals surface area contributed by atoms with E-state index in [0.717, 1.165) is 43.1 Å². The summed E-state index contributed by atoms with van der Waals surface area (Å²) in [6.45, 7) is 12.5. The Morgan fingerprint density at radius 2 is 1.25 bits per heavy atom. The lowest BCUT2D eigenvalue weighted by Gasteiger charge is -2.34. The Labute approximate surface area is 487 Å². The number of anilines is 3. The number of carbonyl (C=O) groups is 4. The quantitative estimate of drug-likeness (QED) is 0.0157. The zero-order valence-electron chi connectivity index (χ0n) is 48.8. The first-order valence-corrected chi connectivity index (χ1v) is 30.7. The number of unbranched alkanes of at least 4 members (excludes halogenated alkanes) is 21. The largest absolute Gasteiger partial charge is 0.506 e. The van der Waals surface area contributed by atoms with E-state index in [9.17, 15) is 29.4 Å². The molecular formula is C67H91Cl2N3O8. The van der Waals surface area contributed by atoms with Crippen LogP contribution in [0.1, 0.15) is 233 Å². The normalized spacial score (nSPS) is 12.9. The average Bonchev–Trinajstić information content (AvgIpc) is 3.61. The van der Waals surface area contributed by atoms with Gasteiger partial charge in [-0.25, -0.2) is 4.79 Å². The van der Waals surface area contributed by atoms with Crippen LogP contribution in [-0.4, -0.2) is 46.6 Å². The predicted octanol–water partition coefficient (Wildman–Crippen LogP) is 18.9. The van der Waals surface area contributed by atoms with Gasteiger partial charge in [-0.3, -0.25) is 14.4 Å². The Kier molecular flexibility index (Phi) is 28.0. The molecule has 11 nitrogen and oxygen atoms in total. The zero-order valence-corrected chi connectivity index (χ0v) is 50.3. The standard InChI is InChI=1S/C36H53ClN2O4.C31H38ClNO4/c1-5-7-8-9-10-11-12-13-14-15-16-17-18-20-26-21-19-22-27(23-26)43-30(6-2)35(42)38-29-24-28(37)33-32(34(29)41)36(3,4)25-31(40)39-33;1-3-4-5-6-7-8-9-10-11-12-19-37-31(36)24-15-18-27(32)28(21-24)33-30(35)26-17-14-23-20-22(2)13-16-25(23)29(26)34/h19,21-24,30,41H,5-18,20,25H2,1-4H3,(H,38,42)(H,39,40);13-18,20-21,34H,3-12,19H2,1-2H3,(H,33,35). The van der Waals surface area contributed by atoms with Crippen molar-refractivity contribution in [3.05, 3.63) is 117 Å². The maximum atomic E-state index is 13.2. The molecule has 1 aliphatic heterocycles. The van der Waals surface area contributed by atoms with Gasteiger partial charge < -0.3 is 35.6 Å². The maximum absolute atomic E-state index is 13.2. The number of aromatic hydroxyl groups is 2. The summed E-state index contributed by atoms with van der Waals surface area (Å²) >= 11 is 12.7. The fourth-order valence-electron chi connectivity index (χ4n) is 10.4. The number of carbonyl (C=O) groups excluding carboxylic acids is 4. The number of nitrogens with one attached hydrogen (secondary N) is 3. The predicted molar refractivity (Wildman–Crippen MR) is 330 cm³/mol. The van der Waals surface area contributed by atoms with Crippen LogP contribution in [0, 0.1) is 6.92 Å². The summed E-state index contributed by atoms with van der Waals surface area (Å²) in [6.07, 6.45) is 30.4. The van der Waals surface area contributed by atoms with Crippen LogP contribution >= 0.6 is 23.2 Å². The molecule has 6 rings (SSSR count). The molecule has 1 unspecified atom stereocenters. The molecule has 0 saturated heterocycles. The van der Waals surface area contributed by atoms with Gasteiger partial charge in [-0.15, -0.1) is 0 Å². The number of amides is 3. The first-order chi connectivity index (χ1) is 38.6. The smallest absolute Gasteiger partial charge is 0.338 e. The van der Waals surface area contributed by atoms with Crippen LogP contribution in [0.25, 0.3) is 10.8 Å². The number of rotatable bonds is 33. The van der Waals surface area contributed by atoms with Crippen molar-refractivity contribution < 1.29 is 38.9 Å². The lowest BCUT2D eigenvalue weighted by Crippen LogP contribution is -2.34. The highest BCUT2D eigenvalue weighted by Gasteiger charge is 2.37. The number of phenolic OH excluding ortho intramolecular Hbond substituents is 2. The molecule has 3 amide bonds. The molecule has 0 aromatic heterocycles. The van der Waals surface area contributed by atoms with Crippen LogP contribution in [0.2, 0.25) is 10.0 Å². The van der Waals surface area contributed by atoms with Crippen LogP contribution in [-0.2, 0) is 26.2 Å². The van der Waals surface area contributed by atoms with Crippen LogP contribution in [0.5, 0.6) is 17.2 Å². The fraction of sp³-hybridized carbons (Fsp3) is 0.522. The monoisotopic (exact) mass is 1140 g/mol. The maximum Gasteiger partial charge on any atom is 0.338 e.